The molecule has 4 aromatic rings. The normalized spacial score (nSPS) is 10.8. The molecule has 0 aliphatic carbocycles. The van der Waals surface area contributed by atoms with E-state index in [2.05, 4.69) is 10.1 Å². The summed E-state index contributed by atoms with van der Waals surface area (Å²) in [7, 11) is 3.53. The lowest BCUT2D eigenvalue weighted by Crippen LogP contribution is -2.31. The number of fused-ring (bicyclic) bond motifs is 1. The number of nitrogens with zero attached hydrogens (tertiary/aromatic N) is 4. The maximum absolute atomic E-state index is 12.7. The van der Waals surface area contributed by atoms with Gasteiger partial charge in [0.1, 0.15) is 11.5 Å². The molecule has 158 valence electrons. The van der Waals surface area contributed by atoms with Gasteiger partial charge in [-0.25, -0.2) is 9.67 Å². The van der Waals surface area contributed by atoms with Gasteiger partial charge in [-0.3, -0.25) is 4.79 Å². The second-order valence-electron chi connectivity index (χ2n) is 7.36. The molecule has 0 radical (unpaired) electrons. The molecular weight excluding hydrogens is 392 g/mol. The van der Waals surface area contributed by atoms with Gasteiger partial charge in [0.25, 0.3) is 5.91 Å². The van der Waals surface area contributed by atoms with Crippen molar-refractivity contribution in [3.63, 3.8) is 0 Å². The van der Waals surface area contributed by atoms with E-state index in [-0.39, 0.29) is 12.5 Å². The Balaban J connectivity index is 1.43. The number of likely N-dealkylation sites (N-methyl/N-ethyl adjacent to an activating group) is 1. The van der Waals surface area contributed by atoms with E-state index in [1.54, 1.807) is 16.6 Å². The summed E-state index contributed by atoms with van der Waals surface area (Å²) in [6, 6.07) is 18.9. The Morgan fingerprint density at radius 3 is 2.42 bits per heavy atom. The average Bonchev–Trinajstić information content (AvgIpc) is 3.08. The molecule has 7 heteroatoms. The Bertz CT molecular complexity index is 1220. The van der Waals surface area contributed by atoms with Crippen molar-refractivity contribution in [3.05, 3.63) is 71.9 Å². The van der Waals surface area contributed by atoms with Gasteiger partial charge in [-0.15, -0.1) is 5.10 Å². The van der Waals surface area contributed by atoms with Crippen molar-refractivity contribution in [1.82, 2.24) is 14.8 Å². The predicted molar refractivity (Wildman–Crippen MR) is 120 cm³/mol. The lowest BCUT2D eigenvalue weighted by atomic mass is 10.2. The number of benzene rings is 2. The van der Waals surface area contributed by atoms with Crippen LogP contribution in [0.5, 0.6) is 17.4 Å². The Morgan fingerprint density at radius 1 is 1.03 bits per heavy atom. The third-order valence-corrected chi connectivity index (χ3v) is 5.00. The number of aromatic nitrogens is 3. The molecule has 4 rings (SSSR count). The molecule has 0 atom stereocenters. The number of carbonyl (C=O) groups excluding carboxylic acids is 1. The standard InChI is InChI=1S/C24H24N4O3/c1-16-14-17(2)25-23-22(16)24(26-28(23)4)30-15-21(29)27(3)18-10-12-20(13-11-18)31-19-8-6-5-7-9-19/h5-14H,15H2,1-4H3. The molecule has 7 nitrogen and oxygen atoms in total. The van der Waals surface area contributed by atoms with E-state index in [9.17, 15) is 4.79 Å². The molecule has 0 N–H and O–H groups in total. The number of rotatable bonds is 6. The Morgan fingerprint density at radius 2 is 1.71 bits per heavy atom. The molecule has 0 saturated carbocycles. The molecule has 0 bridgehead atoms. The van der Waals surface area contributed by atoms with Gasteiger partial charge in [-0.1, -0.05) is 18.2 Å². The van der Waals surface area contributed by atoms with Crippen LogP contribution in [0.1, 0.15) is 11.3 Å². The summed E-state index contributed by atoms with van der Waals surface area (Å²) in [4.78, 5) is 18.8. The Kier molecular flexibility index (Phi) is 5.58. The van der Waals surface area contributed by atoms with Crippen molar-refractivity contribution >= 4 is 22.6 Å². The second kappa shape index (κ2) is 8.47. The van der Waals surface area contributed by atoms with Crippen molar-refractivity contribution < 1.29 is 14.3 Å². The minimum absolute atomic E-state index is 0.127. The largest absolute Gasteiger partial charge is 0.466 e. The van der Waals surface area contributed by atoms with E-state index in [1.807, 2.05) is 81.6 Å². The number of anilines is 1. The minimum Gasteiger partial charge on any atom is -0.466 e. The van der Waals surface area contributed by atoms with Crippen molar-refractivity contribution in [2.24, 2.45) is 7.05 Å². The summed E-state index contributed by atoms with van der Waals surface area (Å²) in [5.41, 5.74) is 3.41. The first-order valence-corrected chi connectivity index (χ1v) is 9.95. The summed E-state index contributed by atoms with van der Waals surface area (Å²) in [6.45, 7) is 3.80. The van der Waals surface area contributed by atoms with Gasteiger partial charge in [0.2, 0.25) is 5.88 Å². The lowest BCUT2D eigenvalue weighted by Gasteiger charge is -2.17. The van der Waals surface area contributed by atoms with Crippen LogP contribution in [0.15, 0.2) is 60.7 Å². The predicted octanol–water partition coefficient (Wildman–Crippen LogP) is 4.42. The van der Waals surface area contributed by atoms with Gasteiger partial charge >= 0.3 is 0 Å². The minimum atomic E-state index is -0.187. The van der Waals surface area contributed by atoms with Crippen LogP contribution >= 0.6 is 0 Å². The monoisotopic (exact) mass is 416 g/mol. The topological polar surface area (TPSA) is 69.5 Å². The molecule has 0 spiro atoms. The molecule has 1 amide bonds. The summed E-state index contributed by atoms with van der Waals surface area (Å²) < 4.78 is 13.2. The number of hydrogen-bond acceptors (Lipinski definition) is 5. The van der Waals surface area contributed by atoms with E-state index >= 15 is 0 Å². The number of ether oxygens (including phenoxy) is 2. The molecule has 2 aromatic carbocycles. The summed E-state index contributed by atoms with van der Waals surface area (Å²) >= 11 is 0. The van der Waals surface area contributed by atoms with Gasteiger partial charge in [0.15, 0.2) is 12.3 Å². The third kappa shape index (κ3) is 4.35. The van der Waals surface area contributed by atoms with Crippen molar-refractivity contribution in [2.75, 3.05) is 18.6 Å². The number of carbonyl (C=O) groups is 1. The highest BCUT2D eigenvalue weighted by Crippen LogP contribution is 2.27. The van der Waals surface area contributed by atoms with Crippen LogP contribution in [-0.2, 0) is 11.8 Å². The molecule has 0 saturated heterocycles. The fraction of sp³-hybridized carbons (Fsp3) is 0.208. The molecule has 2 aromatic heterocycles. The van der Waals surface area contributed by atoms with Gasteiger partial charge in [0, 0.05) is 25.5 Å². The molecule has 0 aliphatic heterocycles. The van der Waals surface area contributed by atoms with Crippen LogP contribution in [0.4, 0.5) is 5.69 Å². The van der Waals surface area contributed by atoms with Crippen LogP contribution in [0.2, 0.25) is 0 Å². The van der Waals surface area contributed by atoms with E-state index in [0.29, 0.717) is 11.6 Å². The Labute approximate surface area is 180 Å². The first-order valence-electron chi connectivity index (χ1n) is 9.95. The highest BCUT2D eigenvalue weighted by atomic mass is 16.5. The van der Waals surface area contributed by atoms with Crippen LogP contribution in [-0.4, -0.2) is 34.3 Å². The SMILES string of the molecule is Cc1cc(C)c2c(OCC(=O)N(C)c3ccc(Oc4ccccc4)cc3)nn(C)c2n1. The van der Waals surface area contributed by atoms with Crippen LogP contribution in [0.3, 0.4) is 0 Å². The molecule has 0 aliphatic rings. The Hall–Kier alpha value is -3.87. The maximum atomic E-state index is 12.7. The fourth-order valence-corrected chi connectivity index (χ4v) is 3.38. The third-order valence-electron chi connectivity index (χ3n) is 5.00. The van der Waals surface area contributed by atoms with Crippen molar-refractivity contribution in [2.45, 2.75) is 13.8 Å². The maximum Gasteiger partial charge on any atom is 0.264 e. The van der Waals surface area contributed by atoms with Crippen molar-refractivity contribution in [3.8, 4) is 17.4 Å². The number of amides is 1. The van der Waals surface area contributed by atoms with E-state index in [4.69, 9.17) is 9.47 Å². The van der Waals surface area contributed by atoms with Gasteiger partial charge in [-0.2, -0.15) is 0 Å². The van der Waals surface area contributed by atoms with Crippen LogP contribution in [0.25, 0.3) is 11.0 Å². The van der Waals surface area contributed by atoms with Gasteiger partial charge in [-0.05, 0) is 61.9 Å². The zero-order valence-corrected chi connectivity index (χ0v) is 18.0. The second-order valence-corrected chi connectivity index (χ2v) is 7.36. The van der Waals surface area contributed by atoms with E-state index < -0.39 is 0 Å². The summed E-state index contributed by atoms with van der Waals surface area (Å²) in [6.07, 6.45) is 0. The number of hydrogen-bond donors (Lipinski definition) is 0. The van der Waals surface area contributed by atoms with Gasteiger partial charge in [0.05, 0.1) is 5.39 Å². The number of aryl methyl sites for hydroxylation is 3. The van der Waals surface area contributed by atoms with Crippen LogP contribution < -0.4 is 14.4 Å². The van der Waals surface area contributed by atoms with Crippen molar-refractivity contribution in [1.29, 1.82) is 0 Å². The average molecular weight is 416 g/mol. The molecular formula is C24H24N4O3. The summed E-state index contributed by atoms with van der Waals surface area (Å²) in [5, 5.41) is 5.22. The number of para-hydroxylation sites is 1. The number of pyridine rings is 1. The van der Waals surface area contributed by atoms with Crippen LogP contribution in [0, 0.1) is 13.8 Å². The summed E-state index contributed by atoms with van der Waals surface area (Å²) in [5.74, 6) is 1.69. The van der Waals surface area contributed by atoms with E-state index in [0.717, 1.165) is 33.7 Å². The van der Waals surface area contributed by atoms with E-state index in [1.165, 1.54) is 0 Å². The molecule has 0 fully saturated rings. The lowest BCUT2D eigenvalue weighted by molar-refractivity contribution is -0.120. The first kappa shape index (κ1) is 20.4. The molecule has 31 heavy (non-hydrogen) atoms. The molecule has 0 unspecified atom stereocenters. The zero-order valence-electron chi connectivity index (χ0n) is 18.0. The van der Waals surface area contributed by atoms with Gasteiger partial charge < -0.3 is 14.4 Å². The fourth-order valence-electron chi connectivity index (χ4n) is 3.38. The molecule has 2 heterocycles. The highest BCUT2D eigenvalue weighted by molar-refractivity contribution is 5.94. The zero-order chi connectivity index (χ0) is 22.0. The smallest absolute Gasteiger partial charge is 0.264 e. The first-order chi connectivity index (χ1) is 14.9. The quantitative estimate of drug-likeness (QED) is 0.465. The highest BCUT2D eigenvalue weighted by Gasteiger charge is 2.17.